The fraction of sp³-hybridized carbons (Fsp3) is 0.600. The number of fused-ring (bicyclic) bond motifs is 2. The molecule has 0 unspecified atom stereocenters. The van der Waals surface area contributed by atoms with Gasteiger partial charge in [-0.05, 0) is 36.5 Å². The maximum absolute atomic E-state index is 10.1. The van der Waals surface area contributed by atoms with Gasteiger partial charge >= 0.3 is 0 Å². The Balaban J connectivity index is 1.95. The van der Waals surface area contributed by atoms with Crippen molar-refractivity contribution in [1.29, 1.82) is 0 Å². The molecule has 3 heteroatoms. The average molecular weight is 315 g/mol. The first-order valence-electron chi connectivity index (χ1n) is 8.59. The standard InChI is InChI=1S/C20H29NO2/c1-13-10-14(2)20(11-22)12-23-19(18(13)15(20)3)16-6-8-17(9-7-16)21(4)5/h6-10,14-15,18-19,22H,11-12H2,1-5H3/t14-,15+,18+,19-,20+/m0/s1. The summed E-state index contributed by atoms with van der Waals surface area (Å²) in [5, 5.41) is 10.1. The maximum atomic E-state index is 10.1. The number of nitrogens with zero attached hydrogens (tertiary/aromatic N) is 1. The summed E-state index contributed by atoms with van der Waals surface area (Å²) < 4.78 is 6.32. The van der Waals surface area contributed by atoms with Gasteiger partial charge in [0.2, 0.25) is 0 Å². The van der Waals surface area contributed by atoms with Gasteiger partial charge in [-0.15, -0.1) is 0 Å². The van der Waals surface area contributed by atoms with Crippen LogP contribution in [-0.4, -0.2) is 32.4 Å². The van der Waals surface area contributed by atoms with Crippen molar-refractivity contribution in [2.45, 2.75) is 26.9 Å². The third-order valence-corrected chi connectivity index (χ3v) is 6.28. The molecule has 5 atom stereocenters. The van der Waals surface area contributed by atoms with Gasteiger partial charge in [-0.2, -0.15) is 0 Å². The molecule has 1 heterocycles. The van der Waals surface area contributed by atoms with Crippen molar-refractivity contribution in [3.8, 4) is 0 Å². The van der Waals surface area contributed by atoms with Crippen LogP contribution in [0.2, 0.25) is 0 Å². The molecule has 0 aromatic heterocycles. The predicted octanol–water partition coefficient (Wildman–Crippen LogP) is 3.65. The van der Waals surface area contributed by atoms with Crippen LogP contribution in [-0.2, 0) is 4.74 Å². The van der Waals surface area contributed by atoms with E-state index in [9.17, 15) is 5.11 Å². The molecule has 23 heavy (non-hydrogen) atoms. The van der Waals surface area contributed by atoms with E-state index in [0.29, 0.717) is 24.4 Å². The van der Waals surface area contributed by atoms with Gasteiger partial charge in [-0.3, -0.25) is 0 Å². The van der Waals surface area contributed by atoms with E-state index in [0.717, 1.165) is 0 Å². The summed E-state index contributed by atoms with van der Waals surface area (Å²) in [4.78, 5) is 2.11. The zero-order valence-corrected chi connectivity index (χ0v) is 14.9. The molecule has 1 aromatic rings. The van der Waals surface area contributed by atoms with Crippen molar-refractivity contribution < 1.29 is 9.84 Å². The molecule has 3 rings (SSSR count). The van der Waals surface area contributed by atoms with Gasteiger partial charge in [0.15, 0.2) is 0 Å². The van der Waals surface area contributed by atoms with Gasteiger partial charge in [0, 0.05) is 31.1 Å². The van der Waals surface area contributed by atoms with Gasteiger partial charge < -0.3 is 14.7 Å². The molecule has 126 valence electrons. The highest BCUT2D eigenvalue weighted by Crippen LogP contribution is 2.55. The Hall–Kier alpha value is -1.32. The number of anilines is 1. The van der Waals surface area contributed by atoms with E-state index < -0.39 is 0 Å². The number of ether oxygens (including phenoxy) is 1. The summed E-state index contributed by atoms with van der Waals surface area (Å²) in [6.07, 6.45) is 2.44. The number of benzene rings is 1. The molecule has 0 amide bonds. The fourth-order valence-electron chi connectivity index (χ4n) is 4.55. The van der Waals surface area contributed by atoms with Crippen LogP contribution < -0.4 is 4.90 Å². The van der Waals surface area contributed by atoms with Crippen LogP contribution in [0.25, 0.3) is 0 Å². The van der Waals surface area contributed by atoms with Crippen LogP contribution in [0, 0.1) is 23.2 Å². The molecule has 3 nitrogen and oxygen atoms in total. The highest BCUT2D eigenvalue weighted by atomic mass is 16.5. The zero-order valence-electron chi connectivity index (χ0n) is 14.9. The largest absolute Gasteiger partial charge is 0.396 e. The van der Waals surface area contributed by atoms with Crippen LogP contribution in [0.3, 0.4) is 0 Å². The van der Waals surface area contributed by atoms with Crippen molar-refractivity contribution in [3.05, 3.63) is 41.5 Å². The summed E-state index contributed by atoms with van der Waals surface area (Å²) in [7, 11) is 4.11. The second-order valence-corrected chi connectivity index (χ2v) is 7.62. The number of hydrogen-bond donors (Lipinski definition) is 1. The number of hydrogen-bond acceptors (Lipinski definition) is 3. The molecular weight excluding hydrogens is 286 g/mol. The van der Waals surface area contributed by atoms with E-state index in [4.69, 9.17) is 4.74 Å². The molecule has 1 aliphatic heterocycles. The fourth-order valence-corrected chi connectivity index (χ4v) is 4.55. The predicted molar refractivity (Wildman–Crippen MR) is 94.6 cm³/mol. The summed E-state index contributed by atoms with van der Waals surface area (Å²) in [5.41, 5.74) is 3.70. The molecule has 1 aliphatic carbocycles. The van der Waals surface area contributed by atoms with Crippen molar-refractivity contribution in [3.63, 3.8) is 0 Å². The summed E-state index contributed by atoms with van der Waals surface area (Å²) in [6.45, 7) is 7.54. The van der Waals surface area contributed by atoms with Crippen LogP contribution in [0.15, 0.2) is 35.9 Å². The first-order valence-corrected chi connectivity index (χ1v) is 8.59. The van der Waals surface area contributed by atoms with E-state index in [1.54, 1.807) is 0 Å². The number of allylic oxidation sites excluding steroid dienone is 1. The Morgan fingerprint density at radius 2 is 1.87 bits per heavy atom. The second-order valence-electron chi connectivity index (χ2n) is 7.62. The quantitative estimate of drug-likeness (QED) is 0.864. The van der Waals surface area contributed by atoms with E-state index in [1.165, 1.54) is 16.8 Å². The van der Waals surface area contributed by atoms with Crippen molar-refractivity contribution in [2.75, 3.05) is 32.2 Å². The average Bonchev–Trinajstić information content (AvgIpc) is 2.53. The van der Waals surface area contributed by atoms with E-state index in [1.807, 2.05) is 0 Å². The molecule has 0 radical (unpaired) electrons. The van der Waals surface area contributed by atoms with E-state index >= 15 is 0 Å². The minimum atomic E-state index is -0.135. The lowest BCUT2D eigenvalue weighted by molar-refractivity contribution is -0.165. The lowest BCUT2D eigenvalue weighted by Crippen LogP contribution is -2.53. The molecule has 0 spiro atoms. The van der Waals surface area contributed by atoms with Crippen LogP contribution in [0.4, 0.5) is 5.69 Å². The molecule has 0 saturated carbocycles. The first kappa shape index (κ1) is 16.5. The Morgan fingerprint density at radius 1 is 1.22 bits per heavy atom. The Labute approximate surface area is 140 Å². The monoisotopic (exact) mass is 315 g/mol. The topological polar surface area (TPSA) is 32.7 Å². The highest BCUT2D eigenvalue weighted by molar-refractivity contribution is 5.46. The molecule has 1 fully saturated rings. The van der Waals surface area contributed by atoms with Gasteiger partial charge in [0.25, 0.3) is 0 Å². The van der Waals surface area contributed by atoms with E-state index in [2.05, 4.69) is 70.1 Å². The van der Waals surface area contributed by atoms with Gasteiger partial charge in [0.1, 0.15) is 0 Å². The summed E-state index contributed by atoms with van der Waals surface area (Å²) in [5.74, 6) is 1.12. The van der Waals surface area contributed by atoms with E-state index in [-0.39, 0.29) is 18.1 Å². The van der Waals surface area contributed by atoms with Crippen molar-refractivity contribution in [2.24, 2.45) is 23.2 Å². The van der Waals surface area contributed by atoms with Crippen LogP contribution >= 0.6 is 0 Å². The molecular formula is C20H29NO2. The number of rotatable bonds is 3. The Kier molecular flexibility index (Phi) is 4.28. The first-order chi connectivity index (χ1) is 10.9. The third kappa shape index (κ3) is 2.50. The lowest BCUT2D eigenvalue weighted by atomic mass is 9.56. The minimum Gasteiger partial charge on any atom is -0.396 e. The Bertz CT molecular complexity index is 592. The summed E-state index contributed by atoms with van der Waals surface area (Å²) >= 11 is 0. The molecule has 1 saturated heterocycles. The summed E-state index contributed by atoms with van der Waals surface area (Å²) in [6, 6.07) is 8.68. The van der Waals surface area contributed by atoms with Crippen LogP contribution in [0.1, 0.15) is 32.4 Å². The zero-order chi connectivity index (χ0) is 16.8. The second kappa shape index (κ2) is 5.95. The minimum absolute atomic E-state index is 0.0876. The van der Waals surface area contributed by atoms with Gasteiger partial charge in [-0.1, -0.05) is 37.6 Å². The third-order valence-electron chi connectivity index (χ3n) is 6.28. The molecule has 1 N–H and O–H groups in total. The number of aliphatic hydroxyl groups is 1. The molecule has 2 aliphatic rings. The van der Waals surface area contributed by atoms with Crippen molar-refractivity contribution in [1.82, 2.24) is 0 Å². The molecule has 1 aromatic carbocycles. The molecule has 2 bridgehead atoms. The maximum Gasteiger partial charge on any atom is 0.0893 e. The van der Waals surface area contributed by atoms with Crippen LogP contribution in [0.5, 0.6) is 0 Å². The SMILES string of the molecule is CC1=C[C@H](C)[C@@]2(CO)CO[C@@H](c3ccc(N(C)C)cc3)[C@H]1[C@H]2C. The Morgan fingerprint density at radius 3 is 2.43 bits per heavy atom. The number of aliphatic hydroxyl groups excluding tert-OH is 1. The van der Waals surface area contributed by atoms with Crippen molar-refractivity contribution >= 4 is 5.69 Å². The highest BCUT2D eigenvalue weighted by Gasteiger charge is 2.53. The lowest BCUT2D eigenvalue weighted by Gasteiger charge is -2.55. The normalized spacial score (nSPS) is 36.5. The smallest absolute Gasteiger partial charge is 0.0893 e. The van der Waals surface area contributed by atoms with Gasteiger partial charge in [-0.25, -0.2) is 0 Å². The van der Waals surface area contributed by atoms with Gasteiger partial charge in [0.05, 0.1) is 19.3 Å².